The predicted molar refractivity (Wildman–Crippen MR) is 86.8 cm³/mol. The van der Waals surface area contributed by atoms with Crippen molar-refractivity contribution < 1.29 is 8.42 Å². The smallest absolute Gasteiger partial charge is 0.237 e. The summed E-state index contributed by atoms with van der Waals surface area (Å²) >= 11 is 0. The second-order valence-corrected chi connectivity index (χ2v) is 7.73. The molecule has 0 saturated carbocycles. The molecule has 1 aliphatic heterocycles. The lowest BCUT2D eigenvalue weighted by atomic mass is 9.98. The van der Waals surface area contributed by atoms with Crippen LogP contribution >= 0.6 is 0 Å². The van der Waals surface area contributed by atoms with Crippen LogP contribution in [-0.4, -0.2) is 23.2 Å². The van der Waals surface area contributed by atoms with Crippen LogP contribution in [0.3, 0.4) is 0 Å². The Kier molecular flexibility index (Phi) is 3.54. The Balaban J connectivity index is 1.62. The largest absolute Gasteiger partial charge is 0.248 e. The summed E-state index contributed by atoms with van der Waals surface area (Å²) < 4.78 is 30.1. The van der Waals surface area contributed by atoms with Gasteiger partial charge in [0.2, 0.25) is 10.0 Å². The van der Waals surface area contributed by atoms with Crippen molar-refractivity contribution in [2.24, 2.45) is 0 Å². The van der Waals surface area contributed by atoms with Crippen molar-refractivity contribution >= 4 is 16.1 Å². The van der Waals surface area contributed by atoms with Crippen LogP contribution in [0.4, 0.5) is 0 Å². The van der Waals surface area contributed by atoms with E-state index in [2.05, 4.69) is 14.8 Å². The molecule has 1 aromatic heterocycles. The van der Waals surface area contributed by atoms with E-state index in [1.165, 1.54) is 11.9 Å². The van der Waals surface area contributed by atoms with Crippen molar-refractivity contribution in [3.8, 4) is 0 Å². The zero-order valence-electron chi connectivity index (χ0n) is 12.6. The Labute approximate surface area is 135 Å². The first-order valence-corrected chi connectivity index (χ1v) is 9.30. The number of nitrogens with zero attached hydrogens (tertiary/aromatic N) is 3. The molecule has 2 aliphatic rings. The molecular formula is C16H18N4O2S. The maximum atomic E-state index is 12.8. The molecule has 1 N–H and O–H groups in total. The minimum absolute atomic E-state index is 0.297. The SMILES string of the molecule is O=S(=O)(N[C@@H]1CCCn2ncnc21)C1=Cc2ccccc2CC1. The third-order valence-corrected chi connectivity index (χ3v) is 6.08. The molecule has 0 spiro atoms. The molecule has 23 heavy (non-hydrogen) atoms. The second kappa shape index (κ2) is 5.58. The van der Waals surface area contributed by atoms with Gasteiger partial charge in [-0.15, -0.1) is 0 Å². The highest BCUT2D eigenvalue weighted by molar-refractivity contribution is 7.93. The predicted octanol–water partition coefficient (Wildman–Crippen LogP) is 2.02. The minimum Gasteiger partial charge on any atom is -0.248 e. The van der Waals surface area contributed by atoms with Crippen LogP contribution in [0, 0.1) is 0 Å². The Hall–Kier alpha value is -1.99. The fourth-order valence-electron chi connectivity index (χ4n) is 3.28. The number of fused-ring (bicyclic) bond motifs is 2. The summed E-state index contributed by atoms with van der Waals surface area (Å²) in [6, 6.07) is 7.63. The van der Waals surface area contributed by atoms with E-state index < -0.39 is 10.0 Å². The van der Waals surface area contributed by atoms with Crippen molar-refractivity contribution in [2.45, 2.75) is 38.3 Å². The summed E-state index contributed by atoms with van der Waals surface area (Å²) in [6.07, 6.45) is 6.20. The molecule has 0 amide bonds. The molecule has 0 radical (unpaired) electrons. The van der Waals surface area contributed by atoms with Crippen LogP contribution in [0.15, 0.2) is 35.5 Å². The summed E-state index contributed by atoms with van der Waals surface area (Å²) in [4.78, 5) is 4.66. The molecule has 0 fully saturated rings. The van der Waals surface area contributed by atoms with Crippen molar-refractivity contribution in [2.75, 3.05) is 0 Å². The molecule has 0 unspecified atom stereocenters. The highest BCUT2D eigenvalue weighted by Gasteiger charge is 2.29. The maximum absolute atomic E-state index is 12.8. The van der Waals surface area contributed by atoms with Gasteiger partial charge in [0.1, 0.15) is 12.2 Å². The molecule has 2 aromatic rings. The van der Waals surface area contributed by atoms with Crippen molar-refractivity contribution in [1.29, 1.82) is 0 Å². The minimum atomic E-state index is -3.52. The van der Waals surface area contributed by atoms with Gasteiger partial charge in [-0.2, -0.15) is 5.10 Å². The van der Waals surface area contributed by atoms with E-state index in [1.807, 2.05) is 24.3 Å². The Morgan fingerprint density at radius 2 is 2.09 bits per heavy atom. The van der Waals surface area contributed by atoms with Gasteiger partial charge in [0, 0.05) is 6.54 Å². The second-order valence-electron chi connectivity index (χ2n) is 5.97. The monoisotopic (exact) mass is 330 g/mol. The average molecular weight is 330 g/mol. The van der Waals surface area contributed by atoms with Crippen LogP contribution in [0.1, 0.15) is 42.3 Å². The van der Waals surface area contributed by atoms with E-state index in [0.29, 0.717) is 17.2 Å². The van der Waals surface area contributed by atoms with Crippen molar-refractivity contribution in [1.82, 2.24) is 19.5 Å². The van der Waals surface area contributed by atoms with Gasteiger partial charge < -0.3 is 0 Å². The third-order valence-electron chi connectivity index (χ3n) is 4.47. The molecule has 0 bridgehead atoms. The molecule has 6 nitrogen and oxygen atoms in total. The highest BCUT2D eigenvalue weighted by Crippen LogP contribution is 2.29. The lowest BCUT2D eigenvalue weighted by molar-refractivity contribution is 0.400. The molecule has 7 heteroatoms. The first-order valence-electron chi connectivity index (χ1n) is 7.82. The normalized spacial score (nSPS) is 20.5. The number of allylic oxidation sites excluding steroid dienone is 1. The first-order chi connectivity index (χ1) is 11.1. The molecule has 1 atom stereocenters. The van der Waals surface area contributed by atoms with E-state index in [0.717, 1.165) is 31.4 Å². The standard InChI is InChI=1S/C16H18N4O2S/c21-23(22,14-8-7-12-4-1-2-5-13(12)10-14)19-15-6-3-9-20-16(15)17-11-18-20/h1-2,4-5,10-11,15,19H,3,6-9H2/t15-/m1/s1. The number of benzene rings is 1. The average Bonchev–Trinajstić information content (AvgIpc) is 3.04. The molecule has 1 aromatic carbocycles. The summed E-state index contributed by atoms with van der Waals surface area (Å²) in [5, 5.41) is 4.14. The molecule has 2 heterocycles. The van der Waals surface area contributed by atoms with Crippen LogP contribution in [-0.2, 0) is 23.0 Å². The van der Waals surface area contributed by atoms with E-state index in [4.69, 9.17) is 0 Å². The van der Waals surface area contributed by atoms with Crippen LogP contribution < -0.4 is 4.72 Å². The number of aromatic nitrogens is 3. The molecule has 1 aliphatic carbocycles. The lowest BCUT2D eigenvalue weighted by Gasteiger charge is -2.24. The summed E-state index contributed by atoms with van der Waals surface area (Å²) in [5.74, 6) is 0.705. The van der Waals surface area contributed by atoms with Crippen LogP contribution in [0.25, 0.3) is 6.08 Å². The molecule has 120 valence electrons. The van der Waals surface area contributed by atoms with E-state index >= 15 is 0 Å². The molecule has 0 saturated heterocycles. The highest BCUT2D eigenvalue weighted by atomic mass is 32.2. The lowest BCUT2D eigenvalue weighted by Crippen LogP contribution is -2.34. The van der Waals surface area contributed by atoms with Gasteiger partial charge in [0.15, 0.2) is 0 Å². The number of hydrogen-bond acceptors (Lipinski definition) is 4. The van der Waals surface area contributed by atoms with Gasteiger partial charge in [0.25, 0.3) is 0 Å². The Morgan fingerprint density at radius 3 is 3.00 bits per heavy atom. The zero-order valence-corrected chi connectivity index (χ0v) is 13.5. The Morgan fingerprint density at radius 1 is 1.22 bits per heavy atom. The maximum Gasteiger partial charge on any atom is 0.237 e. The van der Waals surface area contributed by atoms with Gasteiger partial charge >= 0.3 is 0 Å². The van der Waals surface area contributed by atoms with Crippen LogP contribution in [0.2, 0.25) is 0 Å². The third kappa shape index (κ3) is 2.70. The van der Waals surface area contributed by atoms with Crippen LogP contribution in [0.5, 0.6) is 0 Å². The number of sulfonamides is 1. The summed E-state index contributed by atoms with van der Waals surface area (Å²) in [5.41, 5.74) is 2.19. The summed E-state index contributed by atoms with van der Waals surface area (Å²) in [6.45, 7) is 0.795. The van der Waals surface area contributed by atoms with Gasteiger partial charge in [-0.05, 0) is 42.9 Å². The summed E-state index contributed by atoms with van der Waals surface area (Å²) in [7, 11) is -3.52. The number of aryl methyl sites for hydroxylation is 2. The number of rotatable bonds is 3. The van der Waals surface area contributed by atoms with E-state index in [-0.39, 0.29) is 6.04 Å². The van der Waals surface area contributed by atoms with E-state index in [1.54, 1.807) is 10.8 Å². The van der Waals surface area contributed by atoms with Gasteiger partial charge in [-0.25, -0.2) is 22.8 Å². The van der Waals surface area contributed by atoms with Crippen molar-refractivity contribution in [3.05, 3.63) is 52.4 Å². The molecular weight excluding hydrogens is 312 g/mol. The number of hydrogen-bond donors (Lipinski definition) is 1. The van der Waals surface area contributed by atoms with E-state index in [9.17, 15) is 8.42 Å². The van der Waals surface area contributed by atoms with Gasteiger partial charge in [-0.3, -0.25) is 0 Å². The zero-order chi connectivity index (χ0) is 15.9. The van der Waals surface area contributed by atoms with Gasteiger partial charge in [0.05, 0.1) is 10.9 Å². The number of nitrogens with one attached hydrogen (secondary N) is 1. The van der Waals surface area contributed by atoms with Crippen molar-refractivity contribution in [3.63, 3.8) is 0 Å². The Bertz CT molecular complexity index is 870. The van der Waals surface area contributed by atoms with Gasteiger partial charge in [-0.1, -0.05) is 24.3 Å². The first kappa shape index (κ1) is 14.6. The fraction of sp³-hybridized carbons (Fsp3) is 0.375. The quantitative estimate of drug-likeness (QED) is 0.934. The molecule has 4 rings (SSSR count). The fourth-order valence-corrected chi connectivity index (χ4v) is 4.68. The topological polar surface area (TPSA) is 76.9 Å².